The fraction of sp³-hybridized carbons (Fsp3) is 0.375. The van der Waals surface area contributed by atoms with Crippen molar-refractivity contribution in [1.82, 2.24) is 19.7 Å². The van der Waals surface area contributed by atoms with Gasteiger partial charge in [0.2, 0.25) is 5.95 Å². The zero-order chi connectivity index (χ0) is 14.1. The number of para-hydroxylation sites is 2. The Morgan fingerprint density at radius 2 is 2.05 bits per heavy atom. The summed E-state index contributed by atoms with van der Waals surface area (Å²) in [5.41, 5.74) is 3.09. The number of nitrogens with one attached hydrogen (secondary N) is 2. The van der Waals surface area contributed by atoms with Crippen LogP contribution in [0.25, 0.3) is 11.0 Å². The highest BCUT2D eigenvalue weighted by molar-refractivity contribution is 5.77. The normalized spacial score (nSPS) is 15.8. The third kappa shape index (κ3) is 2.51. The van der Waals surface area contributed by atoms with Crippen molar-refractivity contribution in [2.45, 2.75) is 38.3 Å². The standard InChI is InChI=1S/C16H19N5/c1-2-6-13(5-1)21-10-9-12(20-21)11-17-16-18-14-7-3-4-8-15(14)19-16/h3-4,7-10,13H,1-2,5-6,11H2,(H2,17,18,19). The molecular weight excluding hydrogens is 262 g/mol. The van der Waals surface area contributed by atoms with E-state index in [1.807, 2.05) is 24.3 Å². The topological polar surface area (TPSA) is 58.5 Å². The fourth-order valence-corrected chi connectivity index (χ4v) is 3.05. The number of aromatic nitrogens is 4. The number of rotatable bonds is 4. The van der Waals surface area contributed by atoms with Crippen molar-refractivity contribution >= 4 is 17.0 Å². The lowest BCUT2D eigenvalue weighted by Crippen LogP contribution is -2.07. The van der Waals surface area contributed by atoms with Crippen LogP contribution in [0.3, 0.4) is 0 Å². The fourth-order valence-electron chi connectivity index (χ4n) is 3.05. The third-order valence-corrected chi connectivity index (χ3v) is 4.19. The molecule has 1 aliphatic rings. The molecule has 21 heavy (non-hydrogen) atoms. The Morgan fingerprint density at radius 3 is 2.90 bits per heavy atom. The molecule has 0 aliphatic heterocycles. The molecule has 3 aromatic rings. The van der Waals surface area contributed by atoms with Crippen LogP contribution in [0.5, 0.6) is 0 Å². The van der Waals surface area contributed by atoms with Crippen LogP contribution in [-0.2, 0) is 6.54 Å². The van der Waals surface area contributed by atoms with Crippen LogP contribution in [0.4, 0.5) is 5.95 Å². The van der Waals surface area contributed by atoms with Crippen LogP contribution in [0.15, 0.2) is 36.5 Å². The smallest absolute Gasteiger partial charge is 0.201 e. The largest absolute Gasteiger partial charge is 0.350 e. The van der Waals surface area contributed by atoms with Crippen molar-refractivity contribution in [2.24, 2.45) is 0 Å². The molecule has 5 nitrogen and oxygen atoms in total. The van der Waals surface area contributed by atoms with Gasteiger partial charge in [-0.25, -0.2) is 4.98 Å². The maximum absolute atomic E-state index is 4.67. The van der Waals surface area contributed by atoms with E-state index in [2.05, 4.69) is 37.3 Å². The van der Waals surface area contributed by atoms with Gasteiger partial charge in [0.1, 0.15) is 0 Å². The molecule has 0 spiro atoms. The predicted octanol–water partition coefficient (Wildman–Crippen LogP) is 3.49. The molecule has 5 heteroatoms. The van der Waals surface area contributed by atoms with E-state index in [9.17, 15) is 0 Å². The van der Waals surface area contributed by atoms with Crippen LogP contribution in [-0.4, -0.2) is 19.7 Å². The maximum Gasteiger partial charge on any atom is 0.201 e. The lowest BCUT2D eigenvalue weighted by atomic mass is 10.3. The molecule has 1 saturated carbocycles. The molecule has 0 unspecified atom stereocenters. The zero-order valence-electron chi connectivity index (χ0n) is 11.9. The van der Waals surface area contributed by atoms with Gasteiger partial charge in [-0.1, -0.05) is 25.0 Å². The lowest BCUT2D eigenvalue weighted by molar-refractivity contribution is 0.463. The number of benzene rings is 1. The summed E-state index contributed by atoms with van der Waals surface area (Å²) in [4.78, 5) is 7.78. The highest BCUT2D eigenvalue weighted by atomic mass is 15.3. The van der Waals surface area contributed by atoms with Crippen molar-refractivity contribution < 1.29 is 0 Å². The molecule has 4 rings (SSSR count). The Hall–Kier alpha value is -2.30. The second-order valence-electron chi connectivity index (χ2n) is 5.68. The molecule has 0 amide bonds. The number of nitrogens with zero attached hydrogens (tertiary/aromatic N) is 3. The van der Waals surface area contributed by atoms with E-state index in [0.29, 0.717) is 12.6 Å². The van der Waals surface area contributed by atoms with E-state index >= 15 is 0 Å². The van der Waals surface area contributed by atoms with E-state index in [-0.39, 0.29) is 0 Å². The average molecular weight is 281 g/mol. The Kier molecular flexibility index (Phi) is 3.10. The summed E-state index contributed by atoms with van der Waals surface area (Å²) in [6.07, 6.45) is 7.29. The van der Waals surface area contributed by atoms with Gasteiger partial charge >= 0.3 is 0 Å². The molecule has 108 valence electrons. The van der Waals surface area contributed by atoms with E-state index in [4.69, 9.17) is 0 Å². The summed E-state index contributed by atoms with van der Waals surface area (Å²) in [5, 5.41) is 7.99. The third-order valence-electron chi connectivity index (χ3n) is 4.19. The Morgan fingerprint density at radius 1 is 1.19 bits per heavy atom. The van der Waals surface area contributed by atoms with Gasteiger partial charge < -0.3 is 10.3 Å². The van der Waals surface area contributed by atoms with Gasteiger partial charge in [-0.05, 0) is 31.0 Å². The number of H-pyrrole nitrogens is 1. The average Bonchev–Trinajstić information content (AvgIpc) is 3.23. The predicted molar refractivity (Wildman–Crippen MR) is 83.2 cm³/mol. The monoisotopic (exact) mass is 281 g/mol. The summed E-state index contributed by atoms with van der Waals surface area (Å²) in [7, 11) is 0. The highest BCUT2D eigenvalue weighted by Gasteiger charge is 2.17. The minimum Gasteiger partial charge on any atom is -0.350 e. The first-order valence-electron chi connectivity index (χ1n) is 7.61. The van der Waals surface area contributed by atoms with Gasteiger partial charge in [-0.3, -0.25) is 4.68 Å². The molecule has 0 radical (unpaired) electrons. The minimum absolute atomic E-state index is 0.602. The molecule has 2 heterocycles. The van der Waals surface area contributed by atoms with Gasteiger partial charge in [0.15, 0.2) is 0 Å². The summed E-state index contributed by atoms with van der Waals surface area (Å²) in [5.74, 6) is 0.798. The Balaban J connectivity index is 1.44. The number of fused-ring (bicyclic) bond motifs is 1. The first kappa shape index (κ1) is 12.4. The zero-order valence-corrected chi connectivity index (χ0v) is 11.9. The van der Waals surface area contributed by atoms with Crippen molar-refractivity contribution in [3.05, 3.63) is 42.2 Å². The Labute approximate surface area is 123 Å². The molecule has 1 fully saturated rings. The maximum atomic E-state index is 4.67. The van der Waals surface area contributed by atoms with E-state index in [1.165, 1.54) is 25.7 Å². The SMILES string of the molecule is c1ccc2[nH]c(NCc3ccn(C4CCCC4)n3)nc2c1. The minimum atomic E-state index is 0.602. The number of hydrogen-bond acceptors (Lipinski definition) is 3. The molecule has 0 bridgehead atoms. The van der Waals surface area contributed by atoms with Crippen LogP contribution in [0.1, 0.15) is 37.4 Å². The van der Waals surface area contributed by atoms with E-state index in [0.717, 1.165) is 22.7 Å². The van der Waals surface area contributed by atoms with Gasteiger partial charge in [0, 0.05) is 6.20 Å². The Bertz CT molecular complexity index is 703. The van der Waals surface area contributed by atoms with Gasteiger partial charge in [-0.15, -0.1) is 0 Å². The van der Waals surface area contributed by atoms with Gasteiger partial charge in [0.05, 0.1) is 29.3 Å². The molecule has 1 aliphatic carbocycles. The molecule has 0 saturated heterocycles. The molecule has 2 N–H and O–H groups in total. The second-order valence-corrected chi connectivity index (χ2v) is 5.68. The summed E-state index contributed by atoms with van der Waals surface area (Å²) >= 11 is 0. The van der Waals surface area contributed by atoms with Gasteiger partial charge in [0.25, 0.3) is 0 Å². The summed E-state index contributed by atoms with van der Waals surface area (Å²) < 4.78 is 2.13. The number of imidazole rings is 1. The molecule has 0 atom stereocenters. The number of aromatic amines is 1. The van der Waals surface area contributed by atoms with Crippen LogP contribution in [0.2, 0.25) is 0 Å². The lowest BCUT2D eigenvalue weighted by Gasteiger charge is -2.08. The summed E-state index contributed by atoms with van der Waals surface area (Å²) in [6, 6.07) is 10.7. The molecule has 1 aromatic carbocycles. The van der Waals surface area contributed by atoms with Crippen molar-refractivity contribution in [3.8, 4) is 0 Å². The summed E-state index contributed by atoms with van der Waals surface area (Å²) in [6.45, 7) is 0.694. The van der Waals surface area contributed by atoms with Crippen molar-refractivity contribution in [1.29, 1.82) is 0 Å². The van der Waals surface area contributed by atoms with Crippen LogP contribution in [0, 0.1) is 0 Å². The van der Waals surface area contributed by atoms with E-state index in [1.54, 1.807) is 0 Å². The first-order valence-corrected chi connectivity index (χ1v) is 7.61. The number of hydrogen-bond donors (Lipinski definition) is 2. The van der Waals surface area contributed by atoms with E-state index < -0.39 is 0 Å². The van der Waals surface area contributed by atoms with Crippen LogP contribution < -0.4 is 5.32 Å². The quantitative estimate of drug-likeness (QED) is 0.769. The van der Waals surface area contributed by atoms with Crippen LogP contribution >= 0.6 is 0 Å². The highest BCUT2D eigenvalue weighted by Crippen LogP contribution is 2.28. The van der Waals surface area contributed by atoms with Crippen molar-refractivity contribution in [2.75, 3.05) is 5.32 Å². The molecular formula is C16H19N5. The van der Waals surface area contributed by atoms with Gasteiger partial charge in [-0.2, -0.15) is 5.10 Å². The second kappa shape index (κ2) is 5.24. The first-order chi connectivity index (χ1) is 10.4. The molecule has 2 aromatic heterocycles. The van der Waals surface area contributed by atoms with Crippen molar-refractivity contribution in [3.63, 3.8) is 0 Å². The number of anilines is 1.